The van der Waals surface area contributed by atoms with Gasteiger partial charge in [-0.2, -0.15) is 0 Å². The first-order chi connectivity index (χ1) is 17.3. The Labute approximate surface area is 213 Å². The number of ether oxygens (including phenoxy) is 2. The Balaban J connectivity index is 1.97. The number of hydrogen-bond donors (Lipinski definition) is 0. The van der Waals surface area contributed by atoms with Crippen LogP contribution in [0, 0.1) is 6.92 Å². The number of anilines is 3. The predicted octanol–water partition coefficient (Wildman–Crippen LogP) is 7.52. The van der Waals surface area contributed by atoms with Crippen molar-refractivity contribution in [2.45, 2.75) is 46.6 Å². The van der Waals surface area contributed by atoms with Gasteiger partial charge in [0.2, 0.25) is 0 Å². The summed E-state index contributed by atoms with van der Waals surface area (Å²) in [6.07, 6.45) is 4.44. The fourth-order valence-electron chi connectivity index (χ4n) is 3.69. The fourth-order valence-corrected chi connectivity index (χ4v) is 3.69. The topological polar surface area (TPSA) is 55.8 Å². The van der Waals surface area contributed by atoms with Crippen LogP contribution in [0.25, 0.3) is 0 Å². The maximum absolute atomic E-state index is 11.9. The van der Waals surface area contributed by atoms with E-state index in [1.807, 2.05) is 36.4 Å². The van der Waals surface area contributed by atoms with Crippen LogP contribution in [-0.4, -0.2) is 11.9 Å². The van der Waals surface area contributed by atoms with E-state index in [1.165, 1.54) is 11.1 Å². The Morgan fingerprint density at radius 3 is 2.14 bits per heavy atom. The van der Waals surface area contributed by atoms with Gasteiger partial charge in [-0.3, -0.25) is 0 Å². The summed E-state index contributed by atoms with van der Waals surface area (Å²) in [6.45, 7) is 13.2. The highest BCUT2D eigenvalue weighted by molar-refractivity contribution is 5.89. The lowest BCUT2D eigenvalue weighted by Gasteiger charge is -2.27. The van der Waals surface area contributed by atoms with Crippen molar-refractivity contribution in [2.75, 3.05) is 4.90 Å². The molecule has 0 amide bonds. The number of carbonyl (C=O) groups is 2. The average Bonchev–Trinajstić information content (AvgIpc) is 2.89. The maximum atomic E-state index is 11.9. The van der Waals surface area contributed by atoms with Crippen LogP contribution in [0.4, 0.5) is 17.1 Å². The van der Waals surface area contributed by atoms with Gasteiger partial charge in [-0.1, -0.05) is 44.7 Å². The van der Waals surface area contributed by atoms with E-state index in [9.17, 15) is 9.59 Å². The zero-order valence-electron chi connectivity index (χ0n) is 21.3. The quantitative estimate of drug-likeness (QED) is 0.160. The first kappa shape index (κ1) is 26.5. The second-order valence-corrected chi connectivity index (χ2v) is 8.69. The molecule has 0 saturated heterocycles. The van der Waals surface area contributed by atoms with Gasteiger partial charge >= 0.3 is 11.9 Å². The summed E-state index contributed by atoms with van der Waals surface area (Å²) in [4.78, 5) is 25.5. The highest BCUT2D eigenvalue weighted by Gasteiger charge is 2.15. The van der Waals surface area contributed by atoms with Crippen molar-refractivity contribution in [2.24, 2.45) is 0 Å². The van der Waals surface area contributed by atoms with E-state index in [2.05, 4.69) is 50.1 Å². The minimum absolute atomic E-state index is 0.180. The summed E-state index contributed by atoms with van der Waals surface area (Å²) in [7, 11) is 0. The van der Waals surface area contributed by atoms with Crippen LogP contribution in [0.15, 0.2) is 91.5 Å². The fraction of sp³-hybridized carbons (Fsp3) is 0.226. The zero-order chi connectivity index (χ0) is 26.1. The molecule has 5 nitrogen and oxygen atoms in total. The van der Waals surface area contributed by atoms with Crippen LogP contribution >= 0.6 is 0 Å². The maximum Gasteiger partial charge on any atom is 0.338 e. The zero-order valence-corrected chi connectivity index (χ0v) is 21.3. The van der Waals surface area contributed by atoms with E-state index >= 15 is 0 Å². The summed E-state index contributed by atoms with van der Waals surface area (Å²) in [5.74, 6) is -0.447. The number of aryl methyl sites for hydroxylation is 2. The van der Waals surface area contributed by atoms with E-state index in [0.717, 1.165) is 48.0 Å². The van der Waals surface area contributed by atoms with Crippen molar-refractivity contribution in [3.63, 3.8) is 0 Å². The minimum Gasteiger partial charge on any atom is -0.458 e. The average molecular weight is 484 g/mol. The number of hydrogen-bond acceptors (Lipinski definition) is 5. The van der Waals surface area contributed by atoms with Gasteiger partial charge in [0.15, 0.2) is 0 Å². The van der Waals surface area contributed by atoms with E-state index in [0.29, 0.717) is 11.3 Å². The Hall–Kier alpha value is -4.12. The minimum atomic E-state index is -0.452. The molecule has 0 aromatic heterocycles. The number of carbonyl (C=O) groups excluding carboxylic acids is 2. The van der Waals surface area contributed by atoms with Gasteiger partial charge in [-0.05, 0) is 91.9 Å². The third-order valence-electron chi connectivity index (χ3n) is 5.79. The van der Waals surface area contributed by atoms with Crippen molar-refractivity contribution in [1.29, 1.82) is 0 Å². The van der Waals surface area contributed by atoms with E-state index in [4.69, 9.17) is 9.47 Å². The number of benzene rings is 3. The summed E-state index contributed by atoms with van der Waals surface area (Å²) < 4.78 is 10.5. The lowest BCUT2D eigenvalue weighted by Crippen LogP contribution is -2.12. The summed E-state index contributed by atoms with van der Waals surface area (Å²) in [5, 5.41) is 0. The van der Waals surface area contributed by atoms with E-state index in [1.54, 1.807) is 19.1 Å². The lowest BCUT2D eigenvalue weighted by molar-refractivity contribution is -0.139. The van der Waals surface area contributed by atoms with Gasteiger partial charge in [-0.25, -0.2) is 9.59 Å². The van der Waals surface area contributed by atoms with Gasteiger partial charge in [0.1, 0.15) is 12.4 Å². The summed E-state index contributed by atoms with van der Waals surface area (Å²) in [5.41, 5.74) is 6.71. The highest BCUT2D eigenvalue weighted by atomic mass is 16.5. The number of esters is 2. The Kier molecular flexibility index (Phi) is 9.23. The predicted molar refractivity (Wildman–Crippen MR) is 145 cm³/mol. The number of rotatable bonds is 11. The SMILES string of the molecule is C=CC(=O)OCc1ccc(N(c2ccc(OC(=O)C(=C)C)cc2)c2ccc(C)c(CCCC)c2)cc1. The van der Waals surface area contributed by atoms with Crippen molar-refractivity contribution < 1.29 is 19.1 Å². The van der Waals surface area contributed by atoms with Crippen LogP contribution in [-0.2, 0) is 27.4 Å². The highest BCUT2D eigenvalue weighted by Crippen LogP contribution is 2.36. The van der Waals surface area contributed by atoms with Gasteiger partial charge in [0, 0.05) is 28.7 Å². The van der Waals surface area contributed by atoms with Crippen LogP contribution in [0.3, 0.4) is 0 Å². The van der Waals surface area contributed by atoms with Crippen molar-refractivity contribution in [3.8, 4) is 5.75 Å². The Bertz CT molecular complexity index is 1230. The number of nitrogens with zero attached hydrogens (tertiary/aromatic N) is 1. The number of unbranched alkanes of at least 4 members (excludes halogenated alkanes) is 1. The van der Waals surface area contributed by atoms with E-state index in [-0.39, 0.29) is 6.61 Å². The third-order valence-corrected chi connectivity index (χ3v) is 5.79. The Morgan fingerprint density at radius 2 is 1.56 bits per heavy atom. The largest absolute Gasteiger partial charge is 0.458 e. The smallest absolute Gasteiger partial charge is 0.338 e. The third kappa shape index (κ3) is 6.95. The van der Waals surface area contributed by atoms with Gasteiger partial charge < -0.3 is 14.4 Å². The molecule has 0 N–H and O–H groups in total. The molecule has 0 aliphatic heterocycles. The second-order valence-electron chi connectivity index (χ2n) is 8.69. The van der Waals surface area contributed by atoms with Crippen LogP contribution in [0.2, 0.25) is 0 Å². The van der Waals surface area contributed by atoms with Crippen molar-refractivity contribution >= 4 is 29.0 Å². The molecular weight excluding hydrogens is 450 g/mol. The molecule has 36 heavy (non-hydrogen) atoms. The standard InChI is InChI=1S/C31H33NO4/c1-6-8-9-25-20-28(13-10-23(25)5)32(26-14-11-24(12-15-26)21-35-30(33)7-2)27-16-18-29(19-17-27)36-31(34)22(3)4/h7,10-20H,2-3,6,8-9,21H2,1,4-5H3. The molecule has 0 aliphatic rings. The Morgan fingerprint density at radius 1 is 0.944 bits per heavy atom. The molecule has 0 heterocycles. The molecule has 5 heteroatoms. The molecule has 0 unspecified atom stereocenters. The van der Waals surface area contributed by atoms with Crippen molar-refractivity contribution in [1.82, 2.24) is 0 Å². The van der Waals surface area contributed by atoms with Crippen LogP contribution in [0.1, 0.15) is 43.4 Å². The monoisotopic (exact) mass is 483 g/mol. The molecule has 0 spiro atoms. The lowest BCUT2D eigenvalue weighted by atomic mass is 10.0. The summed E-state index contributed by atoms with van der Waals surface area (Å²) >= 11 is 0. The molecule has 3 rings (SSSR count). The van der Waals surface area contributed by atoms with Gasteiger partial charge in [0.05, 0.1) is 0 Å². The normalized spacial score (nSPS) is 10.4. The molecular formula is C31H33NO4. The molecule has 3 aromatic carbocycles. The molecule has 0 atom stereocenters. The first-order valence-electron chi connectivity index (χ1n) is 12.1. The molecule has 0 saturated carbocycles. The molecule has 186 valence electrons. The molecule has 3 aromatic rings. The van der Waals surface area contributed by atoms with Crippen LogP contribution in [0.5, 0.6) is 5.75 Å². The molecule has 0 fully saturated rings. The van der Waals surface area contributed by atoms with Crippen molar-refractivity contribution in [3.05, 3.63) is 108 Å². The molecule has 0 aliphatic carbocycles. The van der Waals surface area contributed by atoms with E-state index < -0.39 is 11.9 Å². The van der Waals surface area contributed by atoms with Gasteiger partial charge in [0.25, 0.3) is 0 Å². The van der Waals surface area contributed by atoms with Gasteiger partial charge in [-0.15, -0.1) is 0 Å². The second kappa shape index (κ2) is 12.5. The van der Waals surface area contributed by atoms with Crippen LogP contribution < -0.4 is 9.64 Å². The molecule has 0 radical (unpaired) electrons. The summed E-state index contributed by atoms with van der Waals surface area (Å²) in [6, 6.07) is 21.8. The molecule has 0 bridgehead atoms. The first-order valence-corrected chi connectivity index (χ1v) is 12.1.